The van der Waals surface area contributed by atoms with Gasteiger partial charge in [-0.3, -0.25) is 0 Å². The summed E-state index contributed by atoms with van der Waals surface area (Å²) in [6.07, 6.45) is 6.13. The molecule has 0 saturated heterocycles. The average molecular weight is 517 g/mol. The van der Waals surface area contributed by atoms with E-state index in [9.17, 15) is 0 Å². The van der Waals surface area contributed by atoms with Crippen LogP contribution in [0.1, 0.15) is 50.2 Å². The quantitative estimate of drug-likeness (QED) is 0.201. The maximum Gasteiger partial charge on any atom is 0.692 e. The van der Waals surface area contributed by atoms with Gasteiger partial charge in [0.05, 0.1) is 0 Å². The first-order valence-corrected chi connectivity index (χ1v) is 13.5. The van der Waals surface area contributed by atoms with E-state index in [1.165, 1.54) is 0 Å². The van der Waals surface area contributed by atoms with Crippen LogP contribution in [0.2, 0.25) is 0 Å². The van der Waals surface area contributed by atoms with Crippen molar-refractivity contribution >= 4 is 14.3 Å². The van der Waals surface area contributed by atoms with Gasteiger partial charge < -0.3 is 0 Å². The molecule has 37 heavy (non-hydrogen) atoms. The molecule has 6 nitrogen and oxygen atoms in total. The number of allylic oxidation sites excluding steroid dienone is 1. The molecule has 0 atom stereocenters. The number of hydrogen-bond acceptors (Lipinski definition) is 3. The lowest BCUT2D eigenvalue weighted by molar-refractivity contribution is 0.357. The summed E-state index contributed by atoms with van der Waals surface area (Å²) >= 11 is 0. The van der Waals surface area contributed by atoms with Crippen molar-refractivity contribution in [2.45, 2.75) is 33.2 Å². The van der Waals surface area contributed by atoms with Gasteiger partial charge in [-0.2, -0.15) is 5.10 Å². The van der Waals surface area contributed by atoms with Gasteiger partial charge in [-0.15, -0.1) is 9.79 Å². The summed E-state index contributed by atoms with van der Waals surface area (Å²) in [5, 5.41) is 4.84. The molecule has 4 rings (SSSR count). The fourth-order valence-corrected chi connectivity index (χ4v) is 4.94. The SMILES string of the molecule is CC(C)C(C=Cc1ncnn1C(c1ccccc1)(c1ccccc1)c1ccccc1)C(C)C.O=[P+](O)O. The van der Waals surface area contributed by atoms with Gasteiger partial charge in [0.15, 0.2) is 5.82 Å². The molecule has 192 valence electrons. The summed E-state index contributed by atoms with van der Waals surface area (Å²) in [6.45, 7) is 9.12. The van der Waals surface area contributed by atoms with Crippen molar-refractivity contribution in [3.05, 3.63) is 126 Å². The Morgan fingerprint density at radius 3 is 1.49 bits per heavy atom. The number of rotatable bonds is 8. The molecule has 1 aromatic heterocycles. The standard InChI is InChI=1S/C30H33N3.HO3P/c1-23(2)28(24(3)4)20-21-29-31-22-32-33(29)30(25-14-8-5-9-15-25,26-16-10-6-11-17-26)27-18-12-7-13-19-27;1-4(2)3/h5-24,28H,1-4H3;(H-,1,2,3)/p+1. The van der Waals surface area contributed by atoms with Gasteiger partial charge in [-0.1, -0.05) is 125 Å². The van der Waals surface area contributed by atoms with Crippen molar-refractivity contribution in [3.63, 3.8) is 0 Å². The van der Waals surface area contributed by atoms with Crippen LogP contribution in [0.25, 0.3) is 6.08 Å². The average Bonchev–Trinajstić information content (AvgIpc) is 3.35. The highest BCUT2D eigenvalue weighted by Crippen LogP contribution is 2.41. The minimum Gasteiger partial charge on any atom is -0.227 e. The zero-order chi connectivity index (χ0) is 26.8. The van der Waals surface area contributed by atoms with E-state index in [0.717, 1.165) is 22.5 Å². The van der Waals surface area contributed by atoms with E-state index in [1.807, 2.05) is 0 Å². The van der Waals surface area contributed by atoms with Crippen LogP contribution in [0.15, 0.2) is 103 Å². The molecule has 0 spiro atoms. The Balaban J connectivity index is 0.000000886. The summed E-state index contributed by atoms with van der Waals surface area (Å²) in [7, 11) is -2.87. The molecule has 0 bridgehead atoms. The zero-order valence-electron chi connectivity index (χ0n) is 21.7. The lowest BCUT2D eigenvalue weighted by Gasteiger charge is -2.36. The highest BCUT2D eigenvalue weighted by atomic mass is 31.1. The van der Waals surface area contributed by atoms with Crippen LogP contribution in [-0.2, 0) is 10.1 Å². The second-order valence-corrected chi connectivity index (χ2v) is 10.0. The lowest BCUT2D eigenvalue weighted by Crippen LogP contribution is -2.39. The molecule has 4 aromatic rings. The van der Waals surface area contributed by atoms with E-state index < -0.39 is 13.8 Å². The largest absolute Gasteiger partial charge is 0.692 e. The molecule has 0 fully saturated rings. The monoisotopic (exact) mass is 516 g/mol. The normalized spacial score (nSPS) is 11.7. The molecule has 0 radical (unpaired) electrons. The number of nitrogens with zero attached hydrogens (tertiary/aromatic N) is 3. The summed E-state index contributed by atoms with van der Waals surface area (Å²) < 4.78 is 10.8. The molecule has 0 aliphatic heterocycles. The van der Waals surface area contributed by atoms with Crippen LogP contribution >= 0.6 is 8.25 Å². The summed E-state index contributed by atoms with van der Waals surface area (Å²) in [4.78, 5) is 19.0. The van der Waals surface area contributed by atoms with Crippen LogP contribution in [0.5, 0.6) is 0 Å². The van der Waals surface area contributed by atoms with Crippen molar-refractivity contribution in [2.75, 3.05) is 0 Å². The first-order chi connectivity index (χ1) is 17.8. The fourth-order valence-electron chi connectivity index (χ4n) is 4.94. The van der Waals surface area contributed by atoms with E-state index in [1.54, 1.807) is 6.33 Å². The minimum absolute atomic E-state index is 0.467. The predicted molar refractivity (Wildman–Crippen MR) is 149 cm³/mol. The summed E-state index contributed by atoms with van der Waals surface area (Å²) in [6, 6.07) is 31.8. The fraction of sp³-hybridized carbons (Fsp3) is 0.267. The van der Waals surface area contributed by atoms with E-state index in [4.69, 9.17) is 24.4 Å². The van der Waals surface area contributed by atoms with Crippen molar-refractivity contribution in [1.82, 2.24) is 14.8 Å². The van der Waals surface area contributed by atoms with Crippen molar-refractivity contribution in [2.24, 2.45) is 17.8 Å². The third-order valence-corrected chi connectivity index (χ3v) is 6.47. The van der Waals surface area contributed by atoms with Crippen LogP contribution in [-0.4, -0.2) is 24.6 Å². The molecular formula is C30H35N3O3P+. The van der Waals surface area contributed by atoms with Crippen LogP contribution in [0, 0.1) is 17.8 Å². The Kier molecular flexibility index (Phi) is 10.0. The Labute approximate surface area is 220 Å². The van der Waals surface area contributed by atoms with Gasteiger partial charge in [-0.25, -0.2) is 9.67 Å². The number of hydrogen-bond donors (Lipinski definition) is 2. The first kappa shape index (κ1) is 28.1. The van der Waals surface area contributed by atoms with Gasteiger partial charge in [0.1, 0.15) is 11.9 Å². The second kappa shape index (κ2) is 13.2. The van der Waals surface area contributed by atoms with Gasteiger partial charge in [0.2, 0.25) is 0 Å². The molecule has 0 aliphatic carbocycles. The Morgan fingerprint density at radius 1 is 0.757 bits per heavy atom. The van der Waals surface area contributed by atoms with Gasteiger partial charge >= 0.3 is 8.25 Å². The van der Waals surface area contributed by atoms with Crippen molar-refractivity contribution in [1.29, 1.82) is 0 Å². The third-order valence-electron chi connectivity index (χ3n) is 6.47. The molecule has 1 heterocycles. The van der Waals surface area contributed by atoms with Crippen molar-refractivity contribution in [3.8, 4) is 0 Å². The van der Waals surface area contributed by atoms with Crippen LogP contribution in [0.3, 0.4) is 0 Å². The molecule has 3 aromatic carbocycles. The smallest absolute Gasteiger partial charge is 0.227 e. The molecule has 0 unspecified atom stereocenters. The molecular weight excluding hydrogens is 481 g/mol. The van der Waals surface area contributed by atoms with E-state index in [-0.39, 0.29) is 0 Å². The van der Waals surface area contributed by atoms with Gasteiger partial charge in [0, 0.05) is 4.57 Å². The Morgan fingerprint density at radius 2 is 1.14 bits per heavy atom. The third kappa shape index (κ3) is 6.66. The highest BCUT2D eigenvalue weighted by Gasteiger charge is 2.40. The predicted octanol–water partition coefficient (Wildman–Crippen LogP) is 6.69. The van der Waals surface area contributed by atoms with Gasteiger partial charge in [0.25, 0.3) is 0 Å². The maximum atomic E-state index is 8.70. The zero-order valence-corrected chi connectivity index (χ0v) is 22.6. The van der Waals surface area contributed by atoms with Crippen LogP contribution < -0.4 is 0 Å². The summed E-state index contributed by atoms with van der Waals surface area (Å²) in [5.74, 6) is 2.42. The van der Waals surface area contributed by atoms with Crippen molar-refractivity contribution < 1.29 is 14.4 Å². The molecule has 2 N–H and O–H groups in total. The Bertz CT molecular complexity index is 1160. The maximum absolute atomic E-state index is 8.70. The minimum atomic E-state index is -2.87. The molecule has 0 saturated carbocycles. The highest BCUT2D eigenvalue weighted by molar-refractivity contribution is 7.30. The lowest BCUT2D eigenvalue weighted by atomic mass is 9.77. The molecule has 0 amide bonds. The molecule has 0 aliphatic rings. The topological polar surface area (TPSA) is 88.2 Å². The second-order valence-electron chi connectivity index (χ2n) is 9.52. The first-order valence-electron chi connectivity index (χ1n) is 12.4. The number of benzene rings is 3. The summed E-state index contributed by atoms with van der Waals surface area (Å²) in [5.41, 5.74) is 2.79. The van der Waals surface area contributed by atoms with E-state index >= 15 is 0 Å². The van der Waals surface area contributed by atoms with E-state index in [2.05, 4.69) is 136 Å². The van der Waals surface area contributed by atoms with E-state index in [0.29, 0.717) is 17.8 Å². The Hall–Kier alpha value is -3.44. The van der Waals surface area contributed by atoms with Gasteiger partial charge in [-0.05, 0) is 40.5 Å². The molecule has 7 heteroatoms. The van der Waals surface area contributed by atoms with Crippen LogP contribution in [0.4, 0.5) is 0 Å². The number of aromatic nitrogens is 3.